The molecule has 10 heteroatoms. The Morgan fingerprint density at radius 3 is 2.60 bits per heavy atom. The van der Waals surface area contributed by atoms with Gasteiger partial charge in [-0.1, -0.05) is 44.2 Å². The monoisotopic (exact) mass is 611 g/mol. The molecule has 0 saturated heterocycles. The number of hydrogen-bond acceptors (Lipinski definition) is 6. The smallest absolute Gasteiger partial charge is 0.411 e. The van der Waals surface area contributed by atoms with E-state index >= 15 is 0 Å². The third-order valence-electron chi connectivity index (χ3n) is 6.36. The molecule has 1 aliphatic rings. The van der Waals surface area contributed by atoms with Gasteiger partial charge >= 0.3 is 12.2 Å². The number of benzene rings is 2. The molecule has 9 nitrogen and oxygen atoms in total. The molecule has 0 radical (unpaired) electrons. The van der Waals surface area contributed by atoms with E-state index in [1.165, 1.54) is 0 Å². The fraction of sp³-hybridized carbons (Fsp3) is 0.433. The van der Waals surface area contributed by atoms with Crippen LogP contribution in [0.3, 0.4) is 0 Å². The second-order valence-electron chi connectivity index (χ2n) is 11.5. The van der Waals surface area contributed by atoms with Crippen LogP contribution in [-0.2, 0) is 29.0 Å². The standard InChI is InChI=1S/C30H38BrN5O4/c1-20(2)18-39-28(37)34-26-13-27-22(12-25(26)31)15-36(29(38)40-30(3,4)5)24(11-21-9-7-6-8-10-21)17-35(27)16-23-14-32-19-33-23/h6-10,12-14,19-20,24H,11,15-18H2,1-5H3,(H,32,33)(H,34,37). The predicted molar refractivity (Wildman–Crippen MR) is 159 cm³/mol. The van der Waals surface area contributed by atoms with Crippen LogP contribution in [-0.4, -0.2) is 51.8 Å². The number of anilines is 2. The van der Waals surface area contributed by atoms with E-state index < -0.39 is 11.7 Å². The fourth-order valence-electron chi connectivity index (χ4n) is 4.59. The molecule has 0 bridgehead atoms. The highest BCUT2D eigenvalue weighted by atomic mass is 79.9. The van der Waals surface area contributed by atoms with E-state index in [0.717, 1.165) is 22.5 Å². The highest BCUT2D eigenvalue weighted by molar-refractivity contribution is 9.10. The molecule has 4 rings (SSSR count). The van der Waals surface area contributed by atoms with E-state index in [9.17, 15) is 9.59 Å². The van der Waals surface area contributed by atoms with E-state index in [1.54, 1.807) is 12.5 Å². The topological polar surface area (TPSA) is 99.8 Å². The number of carbonyl (C=O) groups excluding carboxylic acids is 2. The molecule has 2 aromatic carbocycles. The number of imidazole rings is 1. The number of rotatable bonds is 7. The zero-order valence-electron chi connectivity index (χ0n) is 23.7. The minimum Gasteiger partial charge on any atom is -0.449 e. The van der Waals surface area contributed by atoms with Gasteiger partial charge in [0.05, 0.1) is 43.4 Å². The van der Waals surface area contributed by atoms with E-state index in [1.807, 2.05) is 69.9 Å². The lowest BCUT2D eigenvalue weighted by Gasteiger charge is -2.34. The Hall–Kier alpha value is -3.53. The number of carbonyl (C=O) groups is 2. The zero-order chi connectivity index (χ0) is 28.9. The van der Waals surface area contributed by atoms with Crippen molar-refractivity contribution in [2.24, 2.45) is 5.92 Å². The second-order valence-corrected chi connectivity index (χ2v) is 12.3. The number of nitrogens with one attached hydrogen (secondary N) is 2. The minimum absolute atomic E-state index is 0.182. The third-order valence-corrected chi connectivity index (χ3v) is 7.02. The highest BCUT2D eigenvalue weighted by Gasteiger charge is 2.34. The average Bonchev–Trinajstić information content (AvgIpc) is 3.34. The van der Waals surface area contributed by atoms with Crippen molar-refractivity contribution in [2.45, 2.75) is 65.8 Å². The molecule has 1 aliphatic heterocycles. The van der Waals surface area contributed by atoms with Gasteiger partial charge in [0.2, 0.25) is 0 Å². The summed E-state index contributed by atoms with van der Waals surface area (Å²) in [5.41, 5.74) is 3.85. The van der Waals surface area contributed by atoms with Gasteiger partial charge in [-0.05, 0) is 72.3 Å². The summed E-state index contributed by atoms with van der Waals surface area (Å²) >= 11 is 3.63. The van der Waals surface area contributed by atoms with Gasteiger partial charge in [0.15, 0.2) is 0 Å². The summed E-state index contributed by atoms with van der Waals surface area (Å²) in [4.78, 5) is 37.6. The lowest BCUT2D eigenvalue weighted by Crippen LogP contribution is -2.47. The van der Waals surface area contributed by atoms with Crippen LogP contribution in [0.15, 0.2) is 59.5 Å². The van der Waals surface area contributed by atoms with Crippen LogP contribution in [0.2, 0.25) is 0 Å². The highest BCUT2D eigenvalue weighted by Crippen LogP contribution is 2.37. The number of aromatic nitrogens is 2. The largest absolute Gasteiger partial charge is 0.449 e. The van der Waals surface area contributed by atoms with Crippen molar-refractivity contribution in [1.82, 2.24) is 14.9 Å². The lowest BCUT2D eigenvalue weighted by molar-refractivity contribution is 0.0152. The van der Waals surface area contributed by atoms with Crippen LogP contribution in [0.1, 0.15) is 51.4 Å². The molecule has 2 N–H and O–H groups in total. The van der Waals surface area contributed by atoms with Crippen LogP contribution < -0.4 is 10.2 Å². The first kappa shape index (κ1) is 29.5. The van der Waals surface area contributed by atoms with Crippen molar-refractivity contribution in [3.05, 3.63) is 76.3 Å². The van der Waals surface area contributed by atoms with Crippen molar-refractivity contribution in [3.63, 3.8) is 0 Å². The molecule has 0 saturated carbocycles. The van der Waals surface area contributed by atoms with Crippen molar-refractivity contribution in [1.29, 1.82) is 0 Å². The van der Waals surface area contributed by atoms with Gasteiger partial charge < -0.3 is 19.4 Å². The van der Waals surface area contributed by atoms with Crippen LogP contribution in [0, 0.1) is 5.92 Å². The summed E-state index contributed by atoms with van der Waals surface area (Å²) in [7, 11) is 0. The predicted octanol–water partition coefficient (Wildman–Crippen LogP) is 6.75. The van der Waals surface area contributed by atoms with Crippen LogP contribution in [0.4, 0.5) is 21.0 Å². The normalized spacial score (nSPS) is 15.4. The molecule has 2 amide bonds. The van der Waals surface area contributed by atoms with Crippen molar-refractivity contribution < 1.29 is 19.1 Å². The van der Waals surface area contributed by atoms with E-state index in [2.05, 4.69) is 48.2 Å². The number of aromatic amines is 1. The number of hydrogen-bond donors (Lipinski definition) is 2. The Balaban J connectivity index is 1.74. The number of fused-ring (bicyclic) bond motifs is 1. The number of ether oxygens (including phenoxy) is 2. The first-order chi connectivity index (χ1) is 19.0. The molecule has 1 aromatic heterocycles. The average molecular weight is 613 g/mol. The quantitative estimate of drug-likeness (QED) is 0.307. The summed E-state index contributed by atoms with van der Waals surface area (Å²) in [6.45, 7) is 11.4. The van der Waals surface area contributed by atoms with E-state index in [-0.39, 0.29) is 18.1 Å². The first-order valence-corrected chi connectivity index (χ1v) is 14.3. The molecule has 214 valence electrons. The third kappa shape index (κ3) is 8.00. The number of halogens is 1. The molecular weight excluding hydrogens is 574 g/mol. The lowest BCUT2D eigenvalue weighted by atomic mass is 10.0. The van der Waals surface area contributed by atoms with Gasteiger partial charge in [-0.3, -0.25) is 10.2 Å². The Bertz CT molecular complexity index is 1290. The Labute approximate surface area is 244 Å². The van der Waals surface area contributed by atoms with Gasteiger partial charge in [0, 0.05) is 22.9 Å². The van der Waals surface area contributed by atoms with Gasteiger partial charge in [-0.25, -0.2) is 14.6 Å². The molecule has 0 spiro atoms. The zero-order valence-corrected chi connectivity index (χ0v) is 25.3. The summed E-state index contributed by atoms with van der Waals surface area (Å²) in [6.07, 6.45) is 3.23. The van der Waals surface area contributed by atoms with Gasteiger partial charge in [0.1, 0.15) is 5.60 Å². The molecule has 0 fully saturated rings. The summed E-state index contributed by atoms with van der Waals surface area (Å²) < 4.78 is 11.9. The molecule has 40 heavy (non-hydrogen) atoms. The van der Waals surface area contributed by atoms with Crippen LogP contribution in [0.25, 0.3) is 0 Å². The summed E-state index contributed by atoms with van der Waals surface area (Å²) in [5, 5.41) is 2.87. The van der Waals surface area contributed by atoms with Crippen molar-refractivity contribution >= 4 is 39.5 Å². The molecule has 1 atom stereocenters. The van der Waals surface area contributed by atoms with E-state index in [0.29, 0.717) is 42.8 Å². The number of H-pyrrole nitrogens is 1. The van der Waals surface area contributed by atoms with Crippen LogP contribution in [0.5, 0.6) is 0 Å². The van der Waals surface area contributed by atoms with Crippen molar-refractivity contribution in [2.75, 3.05) is 23.4 Å². The number of amides is 2. The Morgan fingerprint density at radius 2 is 1.95 bits per heavy atom. The summed E-state index contributed by atoms with van der Waals surface area (Å²) in [6, 6.07) is 13.9. The first-order valence-electron chi connectivity index (χ1n) is 13.5. The van der Waals surface area contributed by atoms with Gasteiger partial charge in [-0.15, -0.1) is 0 Å². The van der Waals surface area contributed by atoms with Crippen molar-refractivity contribution in [3.8, 4) is 0 Å². The van der Waals surface area contributed by atoms with Gasteiger partial charge in [0.25, 0.3) is 0 Å². The Morgan fingerprint density at radius 1 is 1.20 bits per heavy atom. The maximum atomic E-state index is 13.6. The maximum absolute atomic E-state index is 13.6. The minimum atomic E-state index is -0.635. The summed E-state index contributed by atoms with van der Waals surface area (Å²) in [5.74, 6) is 0.228. The number of nitrogens with zero attached hydrogens (tertiary/aromatic N) is 3. The van der Waals surface area contributed by atoms with Crippen LogP contribution >= 0.6 is 15.9 Å². The molecule has 2 heterocycles. The molecule has 0 aliphatic carbocycles. The Kier molecular flexibility index (Phi) is 9.40. The molecular formula is C30H38BrN5O4. The van der Waals surface area contributed by atoms with Gasteiger partial charge in [-0.2, -0.15) is 0 Å². The molecule has 3 aromatic rings. The SMILES string of the molecule is CC(C)COC(=O)Nc1cc2c(cc1Br)CN(C(=O)OC(C)(C)C)C(Cc1ccccc1)CN2Cc1cnc[nH]1. The molecule has 1 unspecified atom stereocenters. The fourth-order valence-corrected chi connectivity index (χ4v) is 5.08. The van der Waals surface area contributed by atoms with E-state index in [4.69, 9.17) is 9.47 Å². The second kappa shape index (κ2) is 12.8. The maximum Gasteiger partial charge on any atom is 0.411 e.